The molecule has 3 nitrogen and oxygen atoms in total. The Hall–Kier alpha value is -2.13. The Morgan fingerprint density at radius 1 is 1.09 bits per heavy atom. The van der Waals surface area contributed by atoms with E-state index in [4.69, 9.17) is 5.73 Å². The zero-order valence-corrected chi connectivity index (χ0v) is 12.7. The molecular formula is C19H22N2O. The zero-order valence-electron chi connectivity index (χ0n) is 12.7. The van der Waals surface area contributed by atoms with Crippen LogP contribution in [0.1, 0.15) is 34.3 Å². The van der Waals surface area contributed by atoms with Crippen LogP contribution >= 0.6 is 0 Å². The molecule has 0 bridgehead atoms. The van der Waals surface area contributed by atoms with Gasteiger partial charge in [0, 0.05) is 24.7 Å². The summed E-state index contributed by atoms with van der Waals surface area (Å²) in [5.41, 5.74) is 9.12. The molecule has 0 saturated carbocycles. The fourth-order valence-electron chi connectivity index (χ4n) is 3.06. The second-order valence-corrected chi connectivity index (χ2v) is 5.97. The Morgan fingerprint density at radius 3 is 2.59 bits per heavy atom. The normalized spacial score (nSPS) is 18.2. The Balaban J connectivity index is 1.83. The number of likely N-dealkylation sites (tertiary alicyclic amines) is 1. The van der Waals surface area contributed by atoms with Crippen molar-refractivity contribution in [1.82, 2.24) is 4.90 Å². The molecule has 2 aromatic rings. The molecule has 0 spiro atoms. The lowest BCUT2D eigenvalue weighted by Gasteiger charge is -2.31. The van der Waals surface area contributed by atoms with Crippen molar-refractivity contribution >= 4 is 5.91 Å². The van der Waals surface area contributed by atoms with E-state index < -0.39 is 0 Å². The maximum absolute atomic E-state index is 12.8. The topological polar surface area (TPSA) is 46.3 Å². The number of piperidine rings is 1. The van der Waals surface area contributed by atoms with Crippen molar-refractivity contribution in [2.75, 3.05) is 13.1 Å². The third-order valence-corrected chi connectivity index (χ3v) is 4.23. The molecule has 22 heavy (non-hydrogen) atoms. The van der Waals surface area contributed by atoms with Gasteiger partial charge in [0.25, 0.3) is 5.91 Å². The van der Waals surface area contributed by atoms with E-state index in [1.165, 1.54) is 5.56 Å². The summed E-state index contributed by atoms with van der Waals surface area (Å²) in [6.07, 6.45) is 2.78. The number of hydrogen-bond acceptors (Lipinski definition) is 2. The predicted molar refractivity (Wildman–Crippen MR) is 88.8 cm³/mol. The molecule has 3 heteroatoms. The van der Waals surface area contributed by atoms with Crippen LogP contribution in [0, 0.1) is 0 Å². The highest BCUT2D eigenvalue weighted by atomic mass is 16.2. The van der Waals surface area contributed by atoms with Crippen molar-refractivity contribution in [2.45, 2.75) is 25.3 Å². The van der Waals surface area contributed by atoms with Crippen LogP contribution in [0.3, 0.4) is 0 Å². The van der Waals surface area contributed by atoms with Gasteiger partial charge in [-0.3, -0.25) is 4.79 Å². The van der Waals surface area contributed by atoms with Gasteiger partial charge >= 0.3 is 0 Å². The highest BCUT2D eigenvalue weighted by molar-refractivity contribution is 5.96. The van der Waals surface area contributed by atoms with Crippen LogP contribution in [-0.2, 0) is 6.42 Å². The molecule has 2 aromatic carbocycles. The Labute approximate surface area is 131 Å². The first kappa shape index (κ1) is 14.8. The molecule has 1 amide bonds. The number of benzene rings is 2. The molecule has 1 heterocycles. The van der Waals surface area contributed by atoms with Gasteiger partial charge < -0.3 is 10.6 Å². The molecule has 114 valence electrons. The van der Waals surface area contributed by atoms with Gasteiger partial charge in [-0.15, -0.1) is 0 Å². The summed E-state index contributed by atoms with van der Waals surface area (Å²) in [7, 11) is 0. The van der Waals surface area contributed by atoms with Crippen LogP contribution in [0.4, 0.5) is 0 Å². The fraction of sp³-hybridized carbons (Fsp3) is 0.316. The minimum absolute atomic E-state index is 0.110. The van der Waals surface area contributed by atoms with Gasteiger partial charge in [0.2, 0.25) is 0 Å². The largest absolute Gasteiger partial charge is 0.337 e. The van der Waals surface area contributed by atoms with Gasteiger partial charge in [0.1, 0.15) is 0 Å². The van der Waals surface area contributed by atoms with E-state index in [2.05, 4.69) is 12.1 Å². The van der Waals surface area contributed by atoms with Gasteiger partial charge in [-0.05, 0) is 36.5 Å². The Morgan fingerprint density at radius 2 is 1.82 bits per heavy atom. The minimum atomic E-state index is 0.110. The van der Waals surface area contributed by atoms with E-state index in [1.807, 2.05) is 47.4 Å². The number of nitrogens with two attached hydrogens (primary N) is 1. The van der Waals surface area contributed by atoms with Crippen molar-refractivity contribution in [2.24, 2.45) is 5.73 Å². The van der Waals surface area contributed by atoms with E-state index in [0.717, 1.165) is 36.9 Å². The molecule has 2 N–H and O–H groups in total. The van der Waals surface area contributed by atoms with E-state index in [9.17, 15) is 4.79 Å². The Kier molecular flexibility index (Phi) is 4.54. The number of hydrogen-bond donors (Lipinski definition) is 1. The van der Waals surface area contributed by atoms with Crippen molar-refractivity contribution in [3.8, 4) is 0 Å². The number of nitrogens with zero attached hydrogens (tertiary/aromatic N) is 1. The van der Waals surface area contributed by atoms with Gasteiger partial charge in [0.15, 0.2) is 0 Å². The second kappa shape index (κ2) is 6.75. The van der Waals surface area contributed by atoms with Crippen molar-refractivity contribution in [1.29, 1.82) is 0 Å². The third-order valence-electron chi connectivity index (χ3n) is 4.23. The third kappa shape index (κ3) is 3.37. The quantitative estimate of drug-likeness (QED) is 0.946. The fourth-order valence-corrected chi connectivity index (χ4v) is 3.06. The van der Waals surface area contributed by atoms with Crippen molar-refractivity contribution in [3.05, 3.63) is 71.3 Å². The summed E-state index contributed by atoms with van der Waals surface area (Å²) >= 11 is 0. The molecule has 1 fully saturated rings. The van der Waals surface area contributed by atoms with Crippen LogP contribution in [0.15, 0.2) is 54.6 Å². The maximum atomic E-state index is 12.8. The summed E-state index contributed by atoms with van der Waals surface area (Å²) in [6, 6.07) is 18.3. The number of carbonyl (C=O) groups excluding carboxylic acids is 1. The molecule has 0 aliphatic carbocycles. The van der Waals surface area contributed by atoms with Crippen LogP contribution < -0.4 is 5.73 Å². The number of carbonyl (C=O) groups is 1. The molecule has 0 aromatic heterocycles. The Bertz CT molecular complexity index is 639. The lowest BCUT2D eigenvalue weighted by molar-refractivity contribution is 0.0708. The first-order valence-electron chi connectivity index (χ1n) is 7.91. The van der Waals surface area contributed by atoms with E-state index in [-0.39, 0.29) is 11.9 Å². The lowest BCUT2D eigenvalue weighted by atomic mass is 9.98. The molecule has 1 atom stereocenters. The van der Waals surface area contributed by atoms with Crippen molar-refractivity contribution < 1.29 is 4.79 Å². The zero-order chi connectivity index (χ0) is 15.4. The molecule has 1 unspecified atom stereocenters. The van der Waals surface area contributed by atoms with Crippen molar-refractivity contribution in [3.63, 3.8) is 0 Å². The summed E-state index contributed by atoms with van der Waals surface area (Å²) in [5, 5.41) is 0. The summed E-state index contributed by atoms with van der Waals surface area (Å²) in [5.74, 6) is 0.113. The lowest BCUT2D eigenvalue weighted by Crippen LogP contribution is -2.45. The highest BCUT2D eigenvalue weighted by Gasteiger charge is 2.23. The maximum Gasteiger partial charge on any atom is 0.254 e. The van der Waals surface area contributed by atoms with Gasteiger partial charge in [-0.1, -0.05) is 48.5 Å². The van der Waals surface area contributed by atoms with Gasteiger partial charge in [-0.25, -0.2) is 0 Å². The van der Waals surface area contributed by atoms with Crippen LogP contribution in [-0.4, -0.2) is 29.9 Å². The molecule has 3 rings (SSSR count). The SMILES string of the molecule is NC1CCCN(C(=O)c2ccccc2Cc2ccccc2)C1. The first-order chi connectivity index (χ1) is 10.7. The second-order valence-electron chi connectivity index (χ2n) is 5.97. The highest BCUT2D eigenvalue weighted by Crippen LogP contribution is 2.18. The minimum Gasteiger partial charge on any atom is -0.337 e. The standard InChI is InChI=1S/C19H22N2O/c20-17-10-6-12-21(14-17)19(22)18-11-5-4-9-16(18)13-15-7-2-1-3-8-15/h1-5,7-9,11,17H,6,10,12-14,20H2. The summed E-state index contributed by atoms with van der Waals surface area (Å²) in [6.45, 7) is 1.48. The number of rotatable bonds is 3. The number of amides is 1. The molecule has 1 aliphatic rings. The van der Waals surface area contributed by atoms with Gasteiger partial charge in [0.05, 0.1) is 0 Å². The molecular weight excluding hydrogens is 272 g/mol. The average molecular weight is 294 g/mol. The van der Waals surface area contributed by atoms with Crippen LogP contribution in [0.2, 0.25) is 0 Å². The van der Waals surface area contributed by atoms with E-state index in [0.29, 0.717) is 6.54 Å². The predicted octanol–water partition coefficient (Wildman–Crippen LogP) is 2.84. The smallest absolute Gasteiger partial charge is 0.254 e. The van der Waals surface area contributed by atoms with Gasteiger partial charge in [-0.2, -0.15) is 0 Å². The molecule has 1 saturated heterocycles. The average Bonchev–Trinajstić information content (AvgIpc) is 2.56. The monoisotopic (exact) mass is 294 g/mol. The van der Waals surface area contributed by atoms with E-state index >= 15 is 0 Å². The first-order valence-corrected chi connectivity index (χ1v) is 7.91. The summed E-state index contributed by atoms with van der Waals surface area (Å²) < 4.78 is 0. The molecule has 1 aliphatic heterocycles. The van der Waals surface area contributed by atoms with Crippen LogP contribution in [0.5, 0.6) is 0 Å². The molecule has 0 radical (unpaired) electrons. The summed E-state index contributed by atoms with van der Waals surface area (Å²) in [4.78, 5) is 14.7. The van der Waals surface area contributed by atoms with Crippen LogP contribution in [0.25, 0.3) is 0 Å². The van der Waals surface area contributed by atoms with E-state index in [1.54, 1.807) is 0 Å².